The second-order valence-corrected chi connectivity index (χ2v) is 10.1. The minimum Gasteiger partial charge on any atom is -0.486 e. The van der Waals surface area contributed by atoms with Gasteiger partial charge in [-0.3, -0.25) is 9.69 Å². The number of methoxy groups -OCH3 is 1. The van der Waals surface area contributed by atoms with Crippen LogP contribution in [0.25, 0.3) is 22.3 Å². The number of hydrogen-bond acceptors (Lipinski definition) is 9. The van der Waals surface area contributed by atoms with Crippen molar-refractivity contribution in [2.45, 2.75) is 39.6 Å². The number of aromatic nitrogens is 2. The Bertz CT molecular complexity index is 1510. The van der Waals surface area contributed by atoms with Gasteiger partial charge in [0.1, 0.15) is 19.8 Å². The number of esters is 1. The molecule has 0 radical (unpaired) electrons. The van der Waals surface area contributed by atoms with Gasteiger partial charge in [-0.15, -0.1) is 0 Å². The Balaban J connectivity index is 0.00000135. The van der Waals surface area contributed by atoms with Crippen LogP contribution in [-0.2, 0) is 34.0 Å². The van der Waals surface area contributed by atoms with Crippen molar-refractivity contribution >= 4 is 16.9 Å². The lowest BCUT2D eigenvalue weighted by molar-refractivity contribution is -0.159. The molecule has 10 nitrogen and oxygen atoms in total. The van der Waals surface area contributed by atoms with Crippen molar-refractivity contribution in [2.24, 2.45) is 0 Å². The second-order valence-electron chi connectivity index (χ2n) is 10.1. The Hall–Kier alpha value is -3.47. The second kappa shape index (κ2) is 10.3. The Morgan fingerprint density at radius 1 is 0.974 bits per heavy atom. The first kappa shape index (κ1) is 25.8. The van der Waals surface area contributed by atoms with E-state index in [1.54, 1.807) is 4.57 Å². The van der Waals surface area contributed by atoms with E-state index in [1.165, 1.54) is 7.11 Å². The van der Waals surface area contributed by atoms with Gasteiger partial charge in [-0.25, -0.2) is 9.78 Å². The highest BCUT2D eigenvalue weighted by Gasteiger charge is 2.36. The van der Waals surface area contributed by atoms with Crippen molar-refractivity contribution in [3.63, 3.8) is 0 Å². The molecule has 1 fully saturated rings. The normalized spacial score (nSPS) is 20.0. The number of nitrogens with zero attached hydrogens (tertiary/aromatic N) is 4. The molecule has 0 aliphatic carbocycles. The van der Waals surface area contributed by atoms with Gasteiger partial charge in [0, 0.05) is 62.4 Å². The summed E-state index contributed by atoms with van der Waals surface area (Å²) in [6, 6.07) is 5.85. The van der Waals surface area contributed by atoms with E-state index in [1.807, 2.05) is 32.0 Å². The molecule has 39 heavy (non-hydrogen) atoms. The Morgan fingerprint density at radius 2 is 1.69 bits per heavy atom. The highest BCUT2D eigenvalue weighted by Crippen LogP contribution is 2.42. The summed E-state index contributed by atoms with van der Waals surface area (Å²) in [5.74, 6) is 0.921. The van der Waals surface area contributed by atoms with E-state index in [9.17, 15) is 9.59 Å². The fourth-order valence-corrected chi connectivity index (χ4v) is 5.87. The topological polar surface area (TPSA) is 95.4 Å². The van der Waals surface area contributed by atoms with Crippen LogP contribution in [0, 0.1) is 0 Å². The van der Waals surface area contributed by atoms with E-state index in [0.29, 0.717) is 42.3 Å². The summed E-state index contributed by atoms with van der Waals surface area (Å²) in [6.45, 7) is 10.1. The molecule has 1 atom stereocenters. The quantitative estimate of drug-likeness (QED) is 0.368. The number of carbonyl (C=O) groups excluding carboxylic acids is 1. The minimum atomic E-state index is -0.922. The van der Waals surface area contributed by atoms with Crippen LogP contribution in [-0.4, -0.2) is 78.9 Å². The molecule has 2 aromatic heterocycles. The van der Waals surface area contributed by atoms with Crippen LogP contribution in [0.4, 0.5) is 0 Å². The Kier molecular flexibility index (Phi) is 6.78. The zero-order valence-corrected chi connectivity index (χ0v) is 22.9. The SMILES string of the molecule is CC.COC1C(=O)OCc2c1cc1n(c2=O)Cc2c-1nc1cc3c(cc1c2CN1CCN(C)CC1)OCCO3. The van der Waals surface area contributed by atoms with E-state index in [-0.39, 0.29) is 12.2 Å². The van der Waals surface area contributed by atoms with Gasteiger partial charge in [0.2, 0.25) is 0 Å². The molecule has 0 bridgehead atoms. The average Bonchev–Trinajstić information content (AvgIpc) is 3.33. The van der Waals surface area contributed by atoms with Gasteiger partial charge in [0.15, 0.2) is 17.6 Å². The molecule has 1 saturated heterocycles. The molecule has 1 aromatic carbocycles. The lowest BCUT2D eigenvalue weighted by Gasteiger charge is -2.33. The molecule has 6 heterocycles. The van der Waals surface area contributed by atoms with Crippen molar-refractivity contribution in [1.29, 1.82) is 0 Å². The largest absolute Gasteiger partial charge is 0.486 e. The fraction of sp³-hybridized carbons (Fsp3) is 0.483. The molecule has 3 aromatic rings. The highest BCUT2D eigenvalue weighted by molar-refractivity contribution is 5.91. The smallest absolute Gasteiger partial charge is 0.340 e. The first-order chi connectivity index (χ1) is 19.0. The predicted molar refractivity (Wildman–Crippen MR) is 145 cm³/mol. The molecule has 7 rings (SSSR count). The van der Waals surface area contributed by atoms with Crippen molar-refractivity contribution in [2.75, 3.05) is 53.6 Å². The Morgan fingerprint density at radius 3 is 2.41 bits per heavy atom. The first-order valence-corrected chi connectivity index (χ1v) is 13.6. The van der Waals surface area contributed by atoms with Crippen molar-refractivity contribution in [3.8, 4) is 22.9 Å². The van der Waals surface area contributed by atoms with Gasteiger partial charge in [0.05, 0.1) is 29.0 Å². The number of benzene rings is 1. The molecule has 4 aliphatic rings. The number of piperazine rings is 1. The summed E-state index contributed by atoms with van der Waals surface area (Å²) in [4.78, 5) is 35.8. The van der Waals surface area contributed by atoms with Crippen LogP contribution in [0.5, 0.6) is 11.5 Å². The standard InChI is InChI=1S/C27H28N4O6.C2H6/c1-29-3-5-30(6-4-29)12-17-15-10-22-23(36-8-7-35-22)11-20(15)28-24-18(17)13-31-21(24)9-16-19(26(31)32)14-37-27(33)25(16)34-2;1-2/h9-11,25H,3-8,12-14H2,1-2H3;1-2H3. The highest BCUT2D eigenvalue weighted by atomic mass is 16.6. The van der Waals surface area contributed by atoms with Crippen LogP contribution in [0.1, 0.15) is 42.2 Å². The fourth-order valence-electron chi connectivity index (χ4n) is 5.87. The van der Waals surface area contributed by atoms with E-state index in [0.717, 1.165) is 66.2 Å². The molecule has 0 amide bonds. The maximum absolute atomic E-state index is 13.6. The van der Waals surface area contributed by atoms with Gasteiger partial charge in [-0.2, -0.15) is 0 Å². The predicted octanol–water partition coefficient (Wildman–Crippen LogP) is 2.71. The summed E-state index contributed by atoms with van der Waals surface area (Å²) in [5, 5.41) is 1.01. The van der Waals surface area contributed by atoms with Crippen LogP contribution in [0.3, 0.4) is 0 Å². The zero-order chi connectivity index (χ0) is 27.3. The van der Waals surface area contributed by atoms with Gasteiger partial charge >= 0.3 is 5.97 Å². The van der Waals surface area contributed by atoms with E-state index in [2.05, 4.69) is 16.8 Å². The lowest BCUT2D eigenvalue weighted by Crippen LogP contribution is -2.44. The first-order valence-electron chi connectivity index (χ1n) is 13.6. The van der Waals surface area contributed by atoms with Crippen LogP contribution < -0.4 is 15.0 Å². The van der Waals surface area contributed by atoms with Crippen LogP contribution in [0.15, 0.2) is 23.0 Å². The molecular formula is C29H34N4O6. The number of likely N-dealkylation sites (N-methyl/N-ethyl adjacent to an activating group) is 1. The molecule has 0 saturated carbocycles. The number of ether oxygens (including phenoxy) is 4. The number of fused-ring (bicyclic) bond motifs is 6. The summed E-state index contributed by atoms with van der Waals surface area (Å²) in [7, 11) is 3.60. The molecule has 10 heteroatoms. The number of cyclic esters (lactones) is 1. The van der Waals surface area contributed by atoms with Crippen LogP contribution >= 0.6 is 0 Å². The summed E-state index contributed by atoms with van der Waals surface area (Å²) in [5.41, 5.74) is 5.31. The summed E-state index contributed by atoms with van der Waals surface area (Å²) < 4.78 is 24.2. The number of pyridine rings is 2. The molecule has 206 valence electrons. The number of carbonyl (C=O) groups is 1. The van der Waals surface area contributed by atoms with Crippen molar-refractivity contribution < 1.29 is 23.7 Å². The molecule has 1 unspecified atom stereocenters. The minimum absolute atomic E-state index is 0.0472. The zero-order valence-electron chi connectivity index (χ0n) is 22.9. The maximum atomic E-state index is 13.6. The van der Waals surface area contributed by atoms with Gasteiger partial charge in [0.25, 0.3) is 5.56 Å². The third kappa shape index (κ3) is 4.27. The van der Waals surface area contributed by atoms with E-state index >= 15 is 0 Å². The number of rotatable bonds is 3. The van der Waals surface area contributed by atoms with E-state index < -0.39 is 12.1 Å². The monoisotopic (exact) mass is 534 g/mol. The summed E-state index contributed by atoms with van der Waals surface area (Å²) >= 11 is 0. The summed E-state index contributed by atoms with van der Waals surface area (Å²) in [6.07, 6.45) is -0.922. The lowest BCUT2D eigenvalue weighted by atomic mass is 9.97. The molecule has 0 spiro atoms. The van der Waals surface area contributed by atoms with Gasteiger partial charge in [-0.05, 0) is 24.7 Å². The van der Waals surface area contributed by atoms with Crippen LogP contribution in [0.2, 0.25) is 0 Å². The third-order valence-electron chi connectivity index (χ3n) is 7.93. The average molecular weight is 535 g/mol. The number of hydrogen-bond donors (Lipinski definition) is 0. The molecule has 0 N–H and O–H groups in total. The van der Waals surface area contributed by atoms with Crippen molar-refractivity contribution in [1.82, 2.24) is 19.4 Å². The molecular weight excluding hydrogens is 500 g/mol. The van der Waals surface area contributed by atoms with E-state index in [4.69, 9.17) is 23.9 Å². The maximum Gasteiger partial charge on any atom is 0.340 e. The Labute approximate surface area is 227 Å². The third-order valence-corrected chi connectivity index (χ3v) is 7.93. The van der Waals surface area contributed by atoms with Crippen molar-refractivity contribution in [3.05, 3.63) is 50.8 Å². The van der Waals surface area contributed by atoms with Gasteiger partial charge in [-0.1, -0.05) is 13.8 Å². The molecule has 4 aliphatic heterocycles. The van der Waals surface area contributed by atoms with Gasteiger partial charge < -0.3 is 28.4 Å².